The molecule has 134 valence electrons. The second-order valence-electron chi connectivity index (χ2n) is 6.78. The lowest BCUT2D eigenvalue weighted by Gasteiger charge is -2.35. The van der Waals surface area contributed by atoms with Crippen molar-refractivity contribution in [1.29, 1.82) is 0 Å². The summed E-state index contributed by atoms with van der Waals surface area (Å²) < 4.78 is 10.6. The molecule has 0 aromatic heterocycles. The molecule has 7 nitrogen and oxygen atoms in total. The number of amides is 3. The van der Waals surface area contributed by atoms with Gasteiger partial charge in [-0.25, -0.2) is 4.79 Å². The van der Waals surface area contributed by atoms with Gasteiger partial charge in [0.15, 0.2) is 11.5 Å². The Morgan fingerprint density at radius 1 is 0.960 bits per heavy atom. The molecule has 4 rings (SSSR count). The number of hydrogen-bond donors (Lipinski definition) is 1. The van der Waals surface area contributed by atoms with Gasteiger partial charge in [-0.1, -0.05) is 12.8 Å². The minimum absolute atomic E-state index is 0.00192. The van der Waals surface area contributed by atoms with Crippen LogP contribution in [-0.4, -0.2) is 60.8 Å². The van der Waals surface area contributed by atoms with Crippen LogP contribution >= 0.6 is 0 Å². The molecule has 2 aliphatic heterocycles. The standard InChI is InChI=1S/C18H23N3O4/c22-17(13-5-6-15-16(11-13)25-12-24-15)20-7-9-21(10-8-20)18(23)19-14-3-1-2-4-14/h5-6,11,14H,1-4,7-10,12H2,(H,19,23). The van der Waals surface area contributed by atoms with Gasteiger partial charge in [0.2, 0.25) is 6.79 Å². The fourth-order valence-electron chi connectivity index (χ4n) is 3.66. The Kier molecular flexibility index (Phi) is 4.38. The Balaban J connectivity index is 1.32. The maximum Gasteiger partial charge on any atom is 0.317 e. The maximum atomic E-state index is 12.7. The summed E-state index contributed by atoms with van der Waals surface area (Å²) >= 11 is 0. The highest BCUT2D eigenvalue weighted by atomic mass is 16.7. The lowest BCUT2D eigenvalue weighted by Crippen LogP contribution is -2.54. The molecule has 2 fully saturated rings. The fraction of sp³-hybridized carbons (Fsp3) is 0.556. The van der Waals surface area contributed by atoms with E-state index in [-0.39, 0.29) is 18.7 Å². The second kappa shape index (κ2) is 6.82. The van der Waals surface area contributed by atoms with Gasteiger partial charge in [-0.15, -0.1) is 0 Å². The minimum Gasteiger partial charge on any atom is -0.454 e. The first-order chi connectivity index (χ1) is 12.2. The van der Waals surface area contributed by atoms with Gasteiger partial charge in [0.1, 0.15) is 0 Å². The third-order valence-corrected chi connectivity index (χ3v) is 5.16. The van der Waals surface area contributed by atoms with Crippen LogP contribution in [-0.2, 0) is 0 Å². The number of carbonyl (C=O) groups is 2. The molecular weight excluding hydrogens is 322 g/mol. The molecule has 2 heterocycles. The van der Waals surface area contributed by atoms with Crippen molar-refractivity contribution < 1.29 is 19.1 Å². The number of nitrogens with one attached hydrogen (secondary N) is 1. The first-order valence-electron chi connectivity index (χ1n) is 8.95. The van der Waals surface area contributed by atoms with Gasteiger partial charge < -0.3 is 24.6 Å². The van der Waals surface area contributed by atoms with Gasteiger partial charge in [-0.3, -0.25) is 4.79 Å². The van der Waals surface area contributed by atoms with E-state index >= 15 is 0 Å². The van der Waals surface area contributed by atoms with Gasteiger partial charge in [-0.2, -0.15) is 0 Å². The third kappa shape index (κ3) is 3.36. The van der Waals surface area contributed by atoms with Crippen LogP contribution in [0.3, 0.4) is 0 Å². The molecule has 1 aliphatic carbocycles. The molecule has 0 spiro atoms. The summed E-state index contributed by atoms with van der Waals surface area (Å²) in [6.45, 7) is 2.42. The fourth-order valence-corrected chi connectivity index (χ4v) is 3.66. The number of hydrogen-bond acceptors (Lipinski definition) is 4. The quantitative estimate of drug-likeness (QED) is 0.888. The topological polar surface area (TPSA) is 71.1 Å². The van der Waals surface area contributed by atoms with Crippen LogP contribution in [0.15, 0.2) is 18.2 Å². The van der Waals surface area contributed by atoms with Crippen molar-refractivity contribution in [1.82, 2.24) is 15.1 Å². The second-order valence-corrected chi connectivity index (χ2v) is 6.78. The first-order valence-corrected chi connectivity index (χ1v) is 8.95. The molecule has 1 saturated heterocycles. The molecule has 25 heavy (non-hydrogen) atoms. The lowest BCUT2D eigenvalue weighted by atomic mass is 10.1. The number of ether oxygens (including phenoxy) is 2. The summed E-state index contributed by atoms with van der Waals surface area (Å²) in [6.07, 6.45) is 4.55. The summed E-state index contributed by atoms with van der Waals surface area (Å²) in [4.78, 5) is 28.6. The number of piperazine rings is 1. The Hall–Kier alpha value is -2.44. The number of fused-ring (bicyclic) bond motifs is 1. The van der Waals surface area contributed by atoms with Crippen molar-refractivity contribution >= 4 is 11.9 Å². The summed E-state index contributed by atoms with van der Waals surface area (Å²) in [6, 6.07) is 5.57. The smallest absolute Gasteiger partial charge is 0.317 e. The molecular formula is C18H23N3O4. The molecule has 1 aromatic carbocycles. The van der Waals surface area contributed by atoms with E-state index in [1.807, 2.05) is 4.90 Å². The van der Waals surface area contributed by atoms with E-state index in [2.05, 4.69) is 5.32 Å². The van der Waals surface area contributed by atoms with Crippen LogP contribution in [0, 0.1) is 0 Å². The van der Waals surface area contributed by atoms with E-state index in [1.165, 1.54) is 12.8 Å². The van der Waals surface area contributed by atoms with Crippen LogP contribution in [0.2, 0.25) is 0 Å². The van der Waals surface area contributed by atoms with Gasteiger partial charge in [0, 0.05) is 37.8 Å². The Bertz CT molecular complexity index is 664. The first kappa shape index (κ1) is 16.1. The van der Waals surface area contributed by atoms with Crippen molar-refractivity contribution in [3.8, 4) is 11.5 Å². The SMILES string of the molecule is O=C(NC1CCCC1)N1CCN(C(=O)c2ccc3c(c2)OCO3)CC1. The van der Waals surface area contributed by atoms with Crippen molar-refractivity contribution in [2.45, 2.75) is 31.7 Å². The highest BCUT2D eigenvalue weighted by Gasteiger charge is 2.27. The molecule has 1 N–H and O–H groups in total. The number of rotatable bonds is 2. The number of carbonyl (C=O) groups excluding carboxylic acids is 2. The average molecular weight is 345 g/mol. The van der Waals surface area contributed by atoms with Crippen LogP contribution in [0.1, 0.15) is 36.0 Å². The number of nitrogens with zero attached hydrogens (tertiary/aromatic N) is 2. The summed E-state index contributed by atoms with van der Waals surface area (Å²) in [7, 11) is 0. The van der Waals surface area contributed by atoms with Crippen molar-refractivity contribution in [2.24, 2.45) is 0 Å². The Morgan fingerprint density at radius 2 is 1.64 bits per heavy atom. The van der Waals surface area contributed by atoms with Crippen molar-refractivity contribution in [2.75, 3.05) is 33.0 Å². The molecule has 1 aromatic rings. The van der Waals surface area contributed by atoms with Gasteiger partial charge in [0.25, 0.3) is 5.91 Å². The zero-order valence-electron chi connectivity index (χ0n) is 14.2. The van der Waals surface area contributed by atoms with E-state index in [0.717, 1.165) is 12.8 Å². The van der Waals surface area contributed by atoms with Gasteiger partial charge in [0.05, 0.1) is 0 Å². The molecule has 1 saturated carbocycles. The Morgan fingerprint density at radius 3 is 2.40 bits per heavy atom. The highest BCUT2D eigenvalue weighted by molar-refractivity contribution is 5.95. The molecule has 0 unspecified atom stereocenters. The highest BCUT2D eigenvalue weighted by Crippen LogP contribution is 2.32. The Labute approximate surface area is 146 Å². The lowest BCUT2D eigenvalue weighted by molar-refractivity contribution is 0.0663. The molecule has 0 atom stereocenters. The van der Waals surface area contributed by atoms with E-state index in [9.17, 15) is 9.59 Å². The van der Waals surface area contributed by atoms with Crippen molar-refractivity contribution in [3.05, 3.63) is 23.8 Å². The summed E-state index contributed by atoms with van der Waals surface area (Å²) in [5, 5.41) is 3.11. The molecule has 3 amide bonds. The predicted molar refractivity (Wildman–Crippen MR) is 90.8 cm³/mol. The van der Waals surface area contributed by atoms with Gasteiger partial charge >= 0.3 is 6.03 Å². The average Bonchev–Trinajstić information content (AvgIpc) is 3.32. The zero-order valence-corrected chi connectivity index (χ0v) is 14.2. The maximum absolute atomic E-state index is 12.7. The van der Waals surface area contributed by atoms with Crippen molar-refractivity contribution in [3.63, 3.8) is 0 Å². The van der Waals surface area contributed by atoms with E-state index < -0.39 is 0 Å². The molecule has 0 bridgehead atoms. The van der Waals surface area contributed by atoms with Crippen LogP contribution in [0.4, 0.5) is 4.79 Å². The van der Waals surface area contributed by atoms with Gasteiger partial charge in [-0.05, 0) is 31.0 Å². The minimum atomic E-state index is -0.0332. The molecule has 3 aliphatic rings. The normalized spacial score (nSPS) is 20.0. The molecule has 0 radical (unpaired) electrons. The summed E-state index contributed by atoms with van der Waals surface area (Å²) in [5.41, 5.74) is 0.591. The third-order valence-electron chi connectivity index (χ3n) is 5.16. The molecule has 7 heteroatoms. The number of urea groups is 1. The van der Waals surface area contributed by atoms with E-state index in [0.29, 0.717) is 49.3 Å². The number of benzene rings is 1. The predicted octanol–water partition coefficient (Wildman–Crippen LogP) is 1.83. The van der Waals surface area contributed by atoms with Crippen LogP contribution in [0.5, 0.6) is 11.5 Å². The van der Waals surface area contributed by atoms with Crippen LogP contribution in [0.25, 0.3) is 0 Å². The zero-order chi connectivity index (χ0) is 17.2. The van der Waals surface area contributed by atoms with Crippen LogP contribution < -0.4 is 14.8 Å². The van der Waals surface area contributed by atoms with E-state index in [1.54, 1.807) is 23.1 Å². The van der Waals surface area contributed by atoms with E-state index in [4.69, 9.17) is 9.47 Å². The summed E-state index contributed by atoms with van der Waals surface area (Å²) in [5.74, 6) is 1.25. The largest absolute Gasteiger partial charge is 0.454 e. The monoisotopic (exact) mass is 345 g/mol.